The second-order valence-corrected chi connectivity index (χ2v) is 7.66. The molecule has 2 fully saturated rings. The van der Waals surface area contributed by atoms with E-state index in [0.29, 0.717) is 44.0 Å². The van der Waals surface area contributed by atoms with Crippen LogP contribution in [0, 0.1) is 5.92 Å². The van der Waals surface area contributed by atoms with Crippen LogP contribution in [0.4, 0.5) is 0 Å². The zero-order valence-corrected chi connectivity index (χ0v) is 15.7. The van der Waals surface area contributed by atoms with Gasteiger partial charge in [-0.15, -0.1) is 0 Å². The van der Waals surface area contributed by atoms with Gasteiger partial charge in [-0.1, -0.05) is 23.7 Å². The molecule has 0 radical (unpaired) electrons. The van der Waals surface area contributed by atoms with Gasteiger partial charge in [0.15, 0.2) is 0 Å². The van der Waals surface area contributed by atoms with Crippen LogP contribution in [-0.2, 0) is 20.7 Å². The number of amides is 2. The first-order chi connectivity index (χ1) is 12.4. The maximum absolute atomic E-state index is 12.7. The van der Waals surface area contributed by atoms with E-state index in [9.17, 15) is 14.7 Å². The van der Waals surface area contributed by atoms with Crippen LogP contribution in [0.1, 0.15) is 18.4 Å². The highest BCUT2D eigenvalue weighted by Crippen LogP contribution is 2.35. The minimum atomic E-state index is -0.795. The lowest BCUT2D eigenvalue weighted by molar-refractivity contribution is -0.155. The van der Waals surface area contributed by atoms with Crippen LogP contribution in [0.5, 0.6) is 0 Å². The van der Waals surface area contributed by atoms with Gasteiger partial charge in [0.05, 0.1) is 12.0 Å². The number of rotatable bonds is 4. The molecular formula is C19H25ClN2O4. The van der Waals surface area contributed by atoms with Gasteiger partial charge in [0.2, 0.25) is 11.8 Å². The summed E-state index contributed by atoms with van der Waals surface area (Å²) in [5, 5.41) is 11.5. The molecule has 0 saturated carbocycles. The standard InChI is InChI=1S/C19H25ClN2O4/c1-26-13-18(24)22-8-6-19(25)5-7-21(11-15(19)12-22)17(23)10-14-3-2-4-16(20)9-14/h2-4,9,15,25H,5-8,10-13H2,1H3/t15-,19-/m0/s1. The molecule has 2 aliphatic rings. The molecule has 3 rings (SSSR count). The van der Waals surface area contributed by atoms with E-state index in [1.54, 1.807) is 21.9 Å². The number of methoxy groups -OCH3 is 1. The Kier molecular flexibility index (Phi) is 5.85. The van der Waals surface area contributed by atoms with Crippen molar-refractivity contribution in [2.24, 2.45) is 5.92 Å². The monoisotopic (exact) mass is 380 g/mol. The van der Waals surface area contributed by atoms with Gasteiger partial charge in [-0.2, -0.15) is 0 Å². The van der Waals surface area contributed by atoms with Gasteiger partial charge in [-0.3, -0.25) is 9.59 Å². The third-order valence-electron chi connectivity index (χ3n) is 5.49. The lowest BCUT2D eigenvalue weighted by Crippen LogP contribution is -2.61. The molecule has 2 heterocycles. The largest absolute Gasteiger partial charge is 0.389 e. The maximum atomic E-state index is 12.7. The summed E-state index contributed by atoms with van der Waals surface area (Å²) in [6.45, 7) is 2.04. The number of hydrogen-bond donors (Lipinski definition) is 1. The van der Waals surface area contributed by atoms with Crippen LogP contribution < -0.4 is 0 Å². The zero-order chi connectivity index (χ0) is 18.7. The van der Waals surface area contributed by atoms with E-state index in [-0.39, 0.29) is 30.8 Å². The molecule has 26 heavy (non-hydrogen) atoms. The molecular weight excluding hydrogens is 356 g/mol. The molecule has 0 aliphatic carbocycles. The van der Waals surface area contributed by atoms with Gasteiger partial charge in [-0.25, -0.2) is 0 Å². The van der Waals surface area contributed by atoms with Crippen LogP contribution >= 0.6 is 11.6 Å². The average molecular weight is 381 g/mol. The molecule has 2 aliphatic heterocycles. The van der Waals surface area contributed by atoms with Crippen LogP contribution in [0.25, 0.3) is 0 Å². The fourth-order valence-corrected chi connectivity index (χ4v) is 4.12. The van der Waals surface area contributed by atoms with Crippen molar-refractivity contribution in [3.05, 3.63) is 34.9 Å². The van der Waals surface area contributed by atoms with E-state index in [4.69, 9.17) is 16.3 Å². The van der Waals surface area contributed by atoms with Crippen LogP contribution in [0.3, 0.4) is 0 Å². The number of ether oxygens (including phenoxy) is 1. The van der Waals surface area contributed by atoms with Crippen molar-refractivity contribution in [3.63, 3.8) is 0 Å². The van der Waals surface area contributed by atoms with Crippen LogP contribution in [0.2, 0.25) is 5.02 Å². The Labute approximate surface area is 158 Å². The molecule has 6 nitrogen and oxygen atoms in total. The summed E-state index contributed by atoms with van der Waals surface area (Å²) in [7, 11) is 1.50. The fraction of sp³-hybridized carbons (Fsp3) is 0.579. The third-order valence-corrected chi connectivity index (χ3v) is 5.72. The number of likely N-dealkylation sites (tertiary alicyclic amines) is 2. The Balaban J connectivity index is 1.63. The second kappa shape index (κ2) is 7.94. The van der Waals surface area contributed by atoms with Gasteiger partial charge in [0.1, 0.15) is 6.61 Å². The molecule has 1 N–H and O–H groups in total. The SMILES string of the molecule is COCC(=O)N1CC[C@@]2(O)CCN(C(=O)Cc3cccc(Cl)c3)C[C@H]2C1. The normalized spacial score (nSPS) is 25.7. The Hall–Kier alpha value is -1.63. The highest BCUT2D eigenvalue weighted by Gasteiger charge is 2.46. The van der Waals surface area contributed by atoms with Crippen molar-refractivity contribution in [2.75, 3.05) is 39.9 Å². The predicted octanol–water partition coefficient (Wildman–Crippen LogP) is 1.34. The van der Waals surface area contributed by atoms with Crippen molar-refractivity contribution < 1.29 is 19.4 Å². The van der Waals surface area contributed by atoms with E-state index >= 15 is 0 Å². The number of carbonyl (C=O) groups is 2. The fourth-order valence-electron chi connectivity index (χ4n) is 3.90. The summed E-state index contributed by atoms with van der Waals surface area (Å²) in [5.74, 6) is -0.180. The molecule has 1 aromatic rings. The topological polar surface area (TPSA) is 70.1 Å². The summed E-state index contributed by atoms with van der Waals surface area (Å²) in [6, 6.07) is 7.30. The van der Waals surface area contributed by atoms with Crippen molar-refractivity contribution >= 4 is 23.4 Å². The molecule has 142 valence electrons. The average Bonchev–Trinajstić information content (AvgIpc) is 2.60. The van der Waals surface area contributed by atoms with E-state index in [1.165, 1.54) is 7.11 Å². The molecule has 2 amide bonds. The summed E-state index contributed by atoms with van der Waals surface area (Å²) in [6.07, 6.45) is 1.38. The number of benzene rings is 1. The number of hydrogen-bond acceptors (Lipinski definition) is 4. The van der Waals surface area contributed by atoms with Gasteiger partial charge in [0, 0.05) is 44.2 Å². The molecule has 0 spiro atoms. The first-order valence-electron chi connectivity index (χ1n) is 8.92. The number of piperidine rings is 2. The highest BCUT2D eigenvalue weighted by molar-refractivity contribution is 6.30. The van der Waals surface area contributed by atoms with Crippen molar-refractivity contribution in [1.82, 2.24) is 9.80 Å². The van der Waals surface area contributed by atoms with E-state index in [2.05, 4.69) is 0 Å². The molecule has 0 bridgehead atoms. The Morgan fingerprint density at radius 3 is 2.50 bits per heavy atom. The first kappa shape index (κ1) is 19.1. The molecule has 7 heteroatoms. The number of halogens is 1. The molecule has 2 atom stereocenters. The highest BCUT2D eigenvalue weighted by atomic mass is 35.5. The van der Waals surface area contributed by atoms with E-state index < -0.39 is 5.60 Å². The van der Waals surface area contributed by atoms with E-state index in [0.717, 1.165) is 5.56 Å². The quantitative estimate of drug-likeness (QED) is 0.855. The molecule has 2 saturated heterocycles. The van der Waals surface area contributed by atoms with Gasteiger partial charge in [0.25, 0.3) is 0 Å². The minimum absolute atomic E-state index is 0.0228. The maximum Gasteiger partial charge on any atom is 0.248 e. The minimum Gasteiger partial charge on any atom is -0.389 e. The lowest BCUT2D eigenvalue weighted by Gasteiger charge is -2.50. The second-order valence-electron chi connectivity index (χ2n) is 7.22. The smallest absolute Gasteiger partial charge is 0.248 e. The summed E-state index contributed by atoms with van der Waals surface area (Å²) < 4.78 is 4.92. The lowest BCUT2D eigenvalue weighted by atomic mass is 9.75. The van der Waals surface area contributed by atoms with E-state index in [1.807, 2.05) is 12.1 Å². The van der Waals surface area contributed by atoms with Crippen molar-refractivity contribution in [3.8, 4) is 0 Å². The third kappa shape index (κ3) is 4.19. The number of fused-ring (bicyclic) bond motifs is 1. The molecule has 1 aromatic carbocycles. The number of carbonyl (C=O) groups excluding carboxylic acids is 2. The number of aliphatic hydroxyl groups is 1. The van der Waals surface area contributed by atoms with Crippen LogP contribution in [-0.4, -0.2) is 72.2 Å². The van der Waals surface area contributed by atoms with Gasteiger partial charge in [-0.05, 0) is 30.5 Å². The molecule has 0 unspecified atom stereocenters. The summed E-state index contributed by atoms with van der Waals surface area (Å²) in [4.78, 5) is 28.3. The van der Waals surface area contributed by atoms with Gasteiger partial charge < -0.3 is 19.6 Å². The Morgan fingerprint density at radius 1 is 1.23 bits per heavy atom. The summed E-state index contributed by atoms with van der Waals surface area (Å²) >= 11 is 5.99. The number of nitrogens with zero attached hydrogens (tertiary/aromatic N) is 2. The van der Waals surface area contributed by atoms with Crippen molar-refractivity contribution in [1.29, 1.82) is 0 Å². The van der Waals surface area contributed by atoms with Crippen LogP contribution in [0.15, 0.2) is 24.3 Å². The Morgan fingerprint density at radius 2 is 1.88 bits per heavy atom. The zero-order valence-electron chi connectivity index (χ0n) is 15.0. The molecule has 0 aromatic heterocycles. The first-order valence-corrected chi connectivity index (χ1v) is 9.30. The Bertz CT molecular complexity index is 683. The van der Waals surface area contributed by atoms with Crippen molar-refractivity contribution in [2.45, 2.75) is 24.9 Å². The van der Waals surface area contributed by atoms with Gasteiger partial charge >= 0.3 is 0 Å². The predicted molar refractivity (Wildman–Crippen MR) is 97.9 cm³/mol. The summed E-state index contributed by atoms with van der Waals surface area (Å²) in [5.41, 5.74) is 0.0836.